The van der Waals surface area contributed by atoms with Crippen molar-refractivity contribution in [2.24, 2.45) is 5.92 Å². The van der Waals surface area contributed by atoms with Crippen LogP contribution >= 0.6 is 0 Å². The van der Waals surface area contributed by atoms with Crippen molar-refractivity contribution >= 4 is 11.9 Å². The molecule has 0 radical (unpaired) electrons. The Balaban J connectivity index is 2.44. The lowest BCUT2D eigenvalue weighted by Gasteiger charge is -2.34. The Morgan fingerprint density at radius 3 is 2.89 bits per heavy atom. The molecule has 1 heterocycles. The Labute approximate surface area is 107 Å². The zero-order chi connectivity index (χ0) is 13.5. The number of aliphatic carboxylic acids is 1. The highest BCUT2D eigenvalue weighted by atomic mass is 16.5. The van der Waals surface area contributed by atoms with Gasteiger partial charge in [-0.15, -0.1) is 0 Å². The number of carbonyl (C=O) groups excluding carboxylic acids is 1. The second-order valence-corrected chi connectivity index (χ2v) is 4.58. The van der Waals surface area contributed by atoms with E-state index < -0.39 is 5.97 Å². The number of nitrogens with one attached hydrogen (secondary N) is 1. The SMILES string of the molecule is CCNCC(C)C(=O)N1CCOC(CC(=O)O)C1. The number of carbonyl (C=O) groups is 2. The minimum Gasteiger partial charge on any atom is -0.481 e. The zero-order valence-electron chi connectivity index (χ0n) is 11.0. The molecule has 6 nitrogen and oxygen atoms in total. The molecule has 0 aliphatic carbocycles. The van der Waals surface area contributed by atoms with Crippen molar-refractivity contribution in [3.05, 3.63) is 0 Å². The molecule has 0 aromatic heterocycles. The lowest BCUT2D eigenvalue weighted by Crippen LogP contribution is -2.49. The molecule has 2 atom stereocenters. The van der Waals surface area contributed by atoms with Crippen LogP contribution in [0.2, 0.25) is 0 Å². The van der Waals surface area contributed by atoms with Crippen molar-refractivity contribution < 1.29 is 19.4 Å². The molecule has 0 saturated carbocycles. The molecule has 1 fully saturated rings. The maximum Gasteiger partial charge on any atom is 0.306 e. The van der Waals surface area contributed by atoms with Gasteiger partial charge in [-0.25, -0.2) is 0 Å². The van der Waals surface area contributed by atoms with E-state index in [4.69, 9.17) is 9.84 Å². The van der Waals surface area contributed by atoms with Gasteiger partial charge in [0.05, 0.1) is 19.1 Å². The molecule has 6 heteroatoms. The average Bonchev–Trinajstić information content (AvgIpc) is 2.34. The van der Waals surface area contributed by atoms with Gasteiger partial charge in [0, 0.05) is 25.6 Å². The van der Waals surface area contributed by atoms with Crippen LogP contribution < -0.4 is 5.32 Å². The molecule has 1 aliphatic heterocycles. The largest absolute Gasteiger partial charge is 0.481 e. The highest BCUT2D eigenvalue weighted by Gasteiger charge is 2.28. The molecule has 0 spiro atoms. The number of rotatable bonds is 6. The normalized spacial score (nSPS) is 21.7. The van der Waals surface area contributed by atoms with Crippen molar-refractivity contribution in [3.63, 3.8) is 0 Å². The average molecular weight is 258 g/mol. The van der Waals surface area contributed by atoms with Crippen LogP contribution in [-0.2, 0) is 14.3 Å². The summed E-state index contributed by atoms with van der Waals surface area (Å²) in [5.41, 5.74) is 0. The van der Waals surface area contributed by atoms with E-state index in [0.29, 0.717) is 26.2 Å². The minimum absolute atomic E-state index is 0.0502. The van der Waals surface area contributed by atoms with Gasteiger partial charge < -0.3 is 20.1 Å². The third-order valence-corrected chi connectivity index (χ3v) is 2.97. The summed E-state index contributed by atoms with van der Waals surface area (Å²) >= 11 is 0. The number of morpholine rings is 1. The van der Waals surface area contributed by atoms with Crippen LogP contribution in [0.25, 0.3) is 0 Å². The number of carboxylic acids is 1. The molecule has 104 valence electrons. The fraction of sp³-hybridized carbons (Fsp3) is 0.833. The first-order valence-corrected chi connectivity index (χ1v) is 6.37. The molecule has 2 unspecified atom stereocenters. The van der Waals surface area contributed by atoms with Gasteiger partial charge >= 0.3 is 5.97 Å². The lowest BCUT2D eigenvalue weighted by atomic mass is 10.1. The number of amides is 1. The molecule has 18 heavy (non-hydrogen) atoms. The maximum atomic E-state index is 12.1. The Morgan fingerprint density at radius 1 is 1.56 bits per heavy atom. The van der Waals surface area contributed by atoms with Crippen LogP contribution in [0.3, 0.4) is 0 Å². The summed E-state index contributed by atoms with van der Waals surface area (Å²) < 4.78 is 5.34. The van der Waals surface area contributed by atoms with E-state index in [2.05, 4.69) is 5.32 Å². The summed E-state index contributed by atoms with van der Waals surface area (Å²) in [6, 6.07) is 0. The van der Waals surface area contributed by atoms with Gasteiger partial charge in [-0.05, 0) is 6.54 Å². The molecule has 1 aliphatic rings. The van der Waals surface area contributed by atoms with Crippen molar-refractivity contribution in [1.82, 2.24) is 10.2 Å². The first kappa shape index (κ1) is 14.9. The van der Waals surface area contributed by atoms with Gasteiger partial charge in [0.1, 0.15) is 0 Å². The molecular formula is C12H22N2O4. The number of nitrogens with zero attached hydrogens (tertiary/aromatic N) is 1. The molecular weight excluding hydrogens is 236 g/mol. The van der Waals surface area contributed by atoms with Crippen LogP contribution in [0.5, 0.6) is 0 Å². The van der Waals surface area contributed by atoms with E-state index in [-0.39, 0.29) is 24.3 Å². The standard InChI is InChI=1S/C12H22N2O4/c1-3-13-7-9(2)12(17)14-4-5-18-10(8-14)6-11(15)16/h9-10,13H,3-8H2,1-2H3,(H,15,16). The predicted molar refractivity (Wildman–Crippen MR) is 66.3 cm³/mol. The smallest absolute Gasteiger partial charge is 0.306 e. The number of hydrogen-bond donors (Lipinski definition) is 2. The first-order valence-electron chi connectivity index (χ1n) is 6.37. The third kappa shape index (κ3) is 4.62. The van der Waals surface area contributed by atoms with Gasteiger partial charge in [-0.3, -0.25) is 9.59 Å². The second-order valence-electron chi connectivity index (χ2n) is 4.58. The molecule has 0 aromatic carbocycles. The molecule has 1 rings (SSSR count). The van der Waals surface area contributed by atoms with Crippen molar-refractivity contribution in [2.45, 2.75) is 26.4 Å². The van der Waals surface area contributed by atoms with Gasteiger partial charge in [0.25, 0.3) is 0 Å². The van der Waals surface area contributed by atoms with Crippen LogP contribution in [0.15, 0.2) is 0 Å². The van der Waals surface area contributed by atoms with E-state index in [1.54, 1.807) is 4.90 Å². The molecule has 2 N–H and O–H groups in total. The van der Waals surface area contributed by atoms with Crippen molar-refractivity contribution in [3.8, 4) is 0 Å². The highest BCUT2D eigenvalue weighted by Crippen LogP contribution is 2.11. The molecule has 0 aromatic rings. The summed E-state index contributed by atoms with van der Waals surface area (Å²) in [6.45, 7) is 6.70. The van der Waals surface area contributed by atoms with Gasteiger partial charge in [0.15, 0.2) is 0 Å². The van der Waals surface area contributed by atoms with E-state index in [1.165, 1.54) is 0 Å². The van der Waals surface area contributed by atoms with Crippen LogP contribution in [0.1, 0.15) is 20.3 Å². The Kier molecular flexibility index (Phi) is 6.07. The maximum absolute atomic E-state index is 12.1. The van der Waals surface area contributed by atoms with Crippen LogP contribution in [0.4, 0.5) is 0 Å². The van der Waals surface area contributed by atoms with Gasteiger partial charge in [-0.2, -0.15) is 0 Å². The zero-order valence-corrected chi connectivity index (χ0v) is 11.0. The van der Waals surface area contributed by atoms with E-state index in [1.807, 2.05) is 13.8 Å². The van der Waals surface area contributed by atoms with Crippen LogP contribution in [-0.4, -0.2) is 60.8 Å². The van der Waals surface area contributed by atoms with Crippen molar-refractivity contribution in [2.75, 3.05) is 32.8 Å². The number of carboxylic acid groups (broad SMARTS) is 1. The lowest BCUT2D eigenvalue weighted by molar-refractivity contribution is -0.149. The molecule has 1 amide bonds. The van der Waals surface area contributed by atoms with E-state index >= 15 is 0 Å². The van der Waals surface area contributed by atoms with E-state index in [0.717, 1.165) is 6.54 Å². The third-order valence-electron chi connectivity index (χ3n) is 2.97. The highest BCUT2D eigenvalue weighted by molar-refractivity contribution is 5.79. The summed E-state index contributed by atoms with van der Waals surface area (Å²) in [4.78, 5) is 24.5. The fourth-order valence-corrected chi connectivity index (χ4v) is 2.00. The predicted octanol–water partition coefficient (Wildman–Crippen LogP) is -0.0659. The first-order chi connectivity index (χ1) is 8.54. The van der Waals surface area contributed by atoms with Crippen molar-refractivity contribution in [1.29, 1.82) is 0 Å². The van der Waals surface area contributed by atoms with E-state index in [9.17, 15) is 9.59 Å². The Bertz CT molecular complexity index is 296. The summed E-state index contributed by atoms with van der Waals surface area (Å²) in [5, 5.41) is 11.9. The second kappa shape index (κ2) is 7.33. The Morgan fingerprint density at radius 2 is 2.28 bits per heavy atom. The summed E-state index contributed by atoms with van der Waals surface area (Å²) in [7, 11) is 0. The summed E-state index contributed by atoms with van der Waals surface area (Å²) in [5.74, 6) is -0.918. The summed E-state index contributed by atoms with van der Waals surface area (Å²) in [6.07, 6.45) is -0.433. The topological polar surface area (TPSA) is 78.9 Å². The Hall–Kier alpha value is -1.14. The fourth-order valence-electron chi connectivity index (χ4n) is 2.00. The monoisotopic (exact) mass is 258 g/mol. The van der Waals surface area contributed by atoms with Gasteiger partial charge in [-0.1, -0.05) is 13.8 Å². The number of hydrogen-bond acceptors (Lipinski definition) is 4. The molecule has 0 bridgehead atoms. The minimum atomic E-state index is -0.894. The quantitative estimate of drug-likeness (QED) is 0.697. The number of ether oxygens (including phenoxy) is 1. The van der Waals surface area contributed by atoms with Gasteiger partial charge in [0.2, 0.25) is 5.91 Å². The van der Waals surface area contributed by atoms with Crippen LogP contribution in [0, 0.1) is 5.92 Å². The molecule has 1 saturated heterocycles.